The van der Waals surface area contributed by atoms with Crippen LogP contribution in [0.15, 0.2) is 22.7 Å². The van der Waals surface area contributed by atoms with Gasteiger partial charge in [0.15, 0.2) is 0 Å². The fourth-order valence-electron chi connectivity index (χ4n) is 4.03. The average Bonchev–Trinajstić information content (AvgIpc) is 2.45. The van der Waals surface area contributed by atoms with Crippen LogP contribution in [0, 0.1) is 0 Å². The molecule has 0 unspecified atom stereocenters. The van der Waals surface area contributed by atoms with Gasteiger partial charge in [-0.15, -0.1) is 0 Å². The molecule has 146 valence electrons. The average molecular weight is 447 g/mol. The molecule has 1 heterocycles. The Kier molecular flexibility index (Phi) is 6.86. The number of likely N-dealkylation sites (tertiary alicyclic amines) is 1. The monoisotopic (exact) mass is 445 g/mol. The zero-order valence-corrected chi connectivity index (χ0v) is 18.3. The van der Waals surface area contributed by atoms with Crippen molar-refractivity contribution in [3.8, 4) is 5.75 Å². The van der Waals surface area contributed by atoms with Crippen LogP contribution < -0.4 is 15.8 Å². The summed E-state index contributed by atoms with van der Waals surface area (Å²) < 4.78 is 6.59. The molecule has 26 heavy (non-hydrogen) atoms. The van der Waals surface area contributed by atoms with Gasteiger partial charge in [0, 0.05) is 28.1 Å². The molecule has 1 saturated heterocycles. The topological polar surface area (TPSA) is 67.6 Å². The van der Waals surface area contributed by atoms with Crippen molar-refractivity contribution in [1.82, 2.24) is 10.2 Å². The second-order valence-electron chi connectivity index (χ2n) is 8.14. The van der Waals surface area contributed by atoms with Gasteiger partial charge < -0.3 is 20.7 Å². The number of halogens is 2. The zero-order chi connectivity index (χ0) is 19.5. The van der Waals surface area contributed by atoms with Crippen molar-refractivity contribution in [2.24, 2.45) is 5.73 Å². The highest BCUT2D eigenvalue weighted by molar-refractivity contribution is 9.10. The summed E-state index contributed by atoms with van der Waals surface area (Å²) in [6.07, 6.45) is 2.30. The number of ether oxygens (including phenoxy) is 1. The van der Waals surface area contributed by atoms with Gasteiger partial charge in [-0.2, -0.15) is 0 Å². The molecule has 3 N–H and O–H groups in total. The summed E-state index contributed by atoms with van der Waals surface area (Å²) in [6.45, 7) is 9.33. The van der Waals surface area contributed by atoms with E-state index in [-0.39, 0.29) is 23.2 Å². The van der Waals surface area contributed by atoms with Crippen LogP contribution in [0.3, 0.4) is 0 Å². The van der Waals surface area contributed by atoms with E-state index in [2.05, 4.69) is 48.9 Å². The molecule has 1 aromatic rings. The van der Waals surface area contributed by atoms with E-state index in [0.717, 1.165) is 17.3 Å². The smallest absolute Gasteiger partial charge is 0.318 e. The molecule has 5 nitrogen and oxygen atoms in total. The van der Waals surface area contributed by atoms with Crippen molar-refractivity contribution in [3.05, 3.63) is 27.7 Å². The van der Waals surface area contributed by atoms with Crippen LogP contribution in [-0.2, 0) is 0 Å². The van der Waals surface area contributed by atoms with E-state index in [1.165, 1.54) is 0 Å². The van der Waals surface area contributed by atoms with Crippen molar-refractivity contribution in [2.45, 2.75) is 64.1 Å². The van der Waals surface area contributed by atoms with Gasteiger partial charge >= 0.3 is 6.03 Å². The van der Waals surface area contributed by atoms with Gasteiger partial charge in [0.05, 0.1) is 11.6 Å². The van der Waals surface area contributed by atoms with E-state index in [4.69, 9.17) is 22.1 Å². The molecule has 0 bridgehead atoms. The van der Waals surface area contributed by atoms with Crippen molar-refractivity contribution < 1.29 is 9.53 Å². The number of carbonyl (C=O) groups excluding carboxylic acids is 1. The molecule has 0 radical (unpaired) electrons. The van der Waals surface area contributed by atoms with E-state index < -0.39 is 0 Å². The fourth-order valence-corrected chi connectivity index (χ4v) is 4.76. The number of piperidine rings is 1. The summed E-state index contributed by atoms with van der Waals surface area (Å²) in [7, 11) is 0. The van der Waals surface area contributed by atoms with Gasteiger partial charge in [-0.1, -0.05) is 27.5 Å². The van der Waals surface area contributed by atoms with E-state index in [1.807, 2.05) is 17.0 Å². The lowest BCUT2D eigenvalue weighted by Gasteiger charge is -2.54. The largest absolute Gasteiger partial charge is 0.492 e. The first-order valence-electron chi connectivity index (χ1n) is 8.94. The second kappa shape index (κ2) is 8.36. The maximum Gasteiger partial charge on any atom is 0.318 e. The van der Waals surface area contributed by atoms with Gasteiger partial charge in [0.25, 0.3) is 0 Å². The number of carbonyl (C=O) groups is 1. The third-order valence-electron chi connectivity index (χ3n) is 4.69. The summed E-state index contributed by atoms with van der Waals surface area (Å²) in [6, 6.07) is 5.58. The lowest BCUT2D eigenvalue weighted by atomic mass is 9.77. The standard InChI is InChI=1S/C19H29BrClN3O2/c1-18(2)11-14(22)12-19(3,4)24(18)17(25)23-8-5-9-26-16-7-6-13(20)10-15(16)21/h6-7,10,14H,5,8-9,11-12,22H2,1-4H3,(H,23,25). The van der Waals surface area contributed by atoms with Crippen LogP contribution >= 0.6 is 27.5 Å². The predicted octanol–water partition coefficient (Wildman–Crippen LogP) is 4.56. The second-order valence-corrected chi connectivity index (χ2v) is 9.46. The molecular weight excluding hydrogens is 418 g/mol. The first-order chi connectivity index (χ1) is 12.0. The molecule has 1 aromatic carbocycles. The molecule has 1 aliphatic heterocycles. The SMILES string of the molecule is CC1(C)CC(N)CC(C)(C)N1C(=O)NCCCOc1ccc(Br)cc1Cl. The number of nitrogens with zero attached hydrogens (tertiary/aromatic N) is 1. The molecule has 1 aliphatic rings. The Bertz CT molecular complexity index is 634. The summed E-state index contributed by atoms with van der Waals surface area (Å²) >= 11 is 9.49. The van der Waals surface area contributed by atoms with Crippen LogP contribution in [0.5, 0.6) is 5.75 Å². The van der Waals surface area contributed by atoms with Gasteiger partial charge in [-0.25, -0.2) is 4.79 Å². The Morgan fingerprint density at radius 2 is 1.96 bits per heavy atom. The Hall–Kier alpha value is -0.980. The quantitative estimate of drug-likeness (QED) is 0.651. The van der Waals surface area contributed by atoms with Crippen molar-refractivity contribution in [3.63, 3.8) is 0 Å². The van der Waals surface area contributed by atoms with E-state index in [0.29, 0.717) is 30.3 Å². The van der Waals surface area contributed by atoms with Crippen molar-refractivity contribution in [1.29, 1.82) is 0 Å². The van der Waals surface area contributed by atoms with Gasteiger partial charge in [-0.3, -0.25) is 0 Å². The highest BCUT2D eigenvalue weighted by atomic mass is 79.9. The molecular formula is C19H29BrClN3O2. The van der Waals surface area contributed by atoms with Crippen LogP contribution in [-0.4, -0.2) is 41.2 Å². The van der Waals surface area contributed by atoms with Gasteiger partial charge in [0.1, 0.15) is 5.75 Å². The number of amides is 2. The number of hydrogen-bond acceptors (Lipinski definition) is 3. The summed E-state index contributed by atoms with van der Waals surface area (Å²) in [5.41, 5.74) is 5.63. The van der Waals surface area contributed by atoms with Crippen LogP contribution in [0.1, 0.15) is 47.0 Å². The summed E-state index contributed by atoms with van der Waals surface area (Å²) in [5, 5.41) is 3.58. The number of rotatable bonds is 5. The first kappa shape index (κ1) is 21.3. The number of nitrogens with two attached hydrogens (primary N) is 1. The fraction of sp³-hybridized carbons (Fsp3) is 0.632. The van der Waals surface area contributed by atoms with Crippen LogP contribution in [0.2, 0.25) is 5.02 Å². The molecule has 0 aliphatic carbocycles. The number of nitrogens with one attached hydrogen (secondary N) is 1. The predicted molar refractivity (Wildman–Crippen MR) is 110 cm³/mol. The molecule has 2 amide bonds. The molecule has 0 spiro atoms. The first-order valence-corrected chi connectivity index (χ1v) is 10.1. The third kappa shape index (κ3) is 5.27. The van der Waals surface area contributed by atoms with Gasteiger partial charge in [-0.05, 0) is 65.2 Å². The normalized spacial score (nSPS) is 19.3. The molecule has 0 saturated carbocycles. The Morgan fingerprint density at radius 3 is 2.54 bits per heavy atom. The molecule has 0 atom stereocenters. The van der Waals surface area contributed by atoms with E-state index in [1.54, 1.807) is 6.07 Å². The molecule has 2 rings (SSSR count). The van der Waals surface area contributed by atoms with Crippen molar-refractivity contribution in [2.75, 3.05) is 13.2 Å². The van der Waals surface area contributed by atoms with Crippen molar-refractivity contribution >= 4 is 33.6 Å². The minimum Gasteiger partial charge on any atom is -0.492 e. The van der Waals surface area contributed by atoms with Gasteiger partial charge in [0.2, 0.25) is 0 Å². The van der Waals surface area contributed by atoms with Crippen LogP contribution in [0.25, 0.3) is 0 Å². The summed E-state index contributed by atoms with van der Waals surface area (Å²) in [5.74, 6) is 0.647. The number of urea groups is 1. The highest BCUT2D eigenvalue weighted by Gasteiger charge is 2.46. The maximum atomic E-state index is 12.8. The third-order valence-corrected chi connectivity index (χ3v) is 5.47. The van der Waals surface area contributed by atoms with Crippen LogP contribution in [0.4, 0.5) is 4.79 Å². The molecule has 7 heteroatoms. The zero-order valence-electron chi connectivity index (χ0n) is 15.9. The number of hydrogen-bond donors (Lipinski definition) is 2. The van der Waals surface area contributed by atoms with E-state index in [9.17, 15) is 4.79 Å². The Morgan fingerprint density at radius 1 is 1.35 bits per heavy atom. The summed E-state index contributed by atoms with van der Waals surface area (Å²) in [4.78, 5) is 14.7. The molecule has 0 aromatic heterocycles. The maximum absolute atomic E-state index is 12.8. The lowest BCUT2D eigenvalue weighted by Crippen LogP contribution is -2.67. The molecule has 1 fully saturated rings. The Labute approximate surface area is 169 Å². The van der Waals surface area contributed by atoms with E-state index >= 15 is 0 Å². The minimum atomic E-state index is -0.271. The minimum absolute atomic E-state index is 0.0476. The lowest BCUT2D eigenvalue weighted by molar-refractivity contribution is 0.00313. The Balaban J connectivity index is 1.82. The highest BCUT2D eigenvalue weighted by Crippen LogP contribution is 2.37. The number of benzene rings is 1.